The number of ether oxygens (including phenoxy) is 2. The second-order valence-electron chi connectivity index (χ2n) is 6.31. The highest BCUT2D eigenvalue weighted by Gasteiger charge is 2.46. The first-order valence-corrected chi connectivity index (χ1v) is 9.15. The molecule has 0 aliphatic carbocycles. The third-order valence-electron chi connectivity index (χ3n) is 3.95. The van der Waals surface area contributed by atoms with Crippen molar-refractivity contribution in [2.75, 3.05) is 6.61 Å². The Labute approximate surface area is 139 Å². The Bertz CT molecular complexity index is 685. The van der Waals surface area contributed by atoms with E-state index in [4.69, 9.17) is 9.47 Å². The van der Waals surface area contributed by atoms with Crippen LogP contribution in [0.25, 0.3) is 0 Å². The fourth-order valence-electron chi connectivity index (χ4n) is 2.76. The van der Waals surface area contributed by atoms with E-state index in [1.807, 2.05) is 13.8 Å². The van der Waals surface area contributed by atoms with E-state index in [-0.39, 0.29) is 25.2 Å². The van der Waals surface area contributed by atoms with Gasteiger partial charge in [-0.3, -0.25) is 0 Å². The van der Waals surface area contributed by atoms with Crippen molar-refractivity contribution < 1.29 is 31.1 Å². The number of sulfone groups is 1. The van der Waals surface area contributed by atoms with Crippen molar-refractivity contribution in [2.24, 2.45) is 0 Å². The molecule has 136 valence electrons. The number of benzene rings is 1. The van der Waals surface area contributed by atoms with Gasteiger partial charge in [-0.15, -0.1) is 0 Å². The molecule has 1 aromatic rings. The molecule has 1 fully saturated rings. The van der Waals surface area contributed by atoms with Crippen LogP contribution in [0.2, 0.25) is 0 Å². The van der Waals surface area contributed by atoms with Crippen LogP contribution in [0.15, 0.2) is 29.2 Å². The molecule has 0 saturated carbocycles. The summed E-state index contributed by atoms with van der Waals surface area (Å²) in [7, 11) is -4.12. The quantitative estimate of drug-likeness (QED) is 0.813. The number of halogens is 3. The summed E-state index contributed by atoms with van der Waals surface area (Å²) in [5.41, 5.74) is -1.00. The molecular formula is C16H21F3O4S. The van der Waals surface area contributed by atoms with Crippen molar-refractivity contribution in [3.63, 3.8) is 0 Å². The fourth-order valence-corrected chi connectivity index (χ4v) is 4.44. The zero-order valence-corrected chi connectivity index (χ0v) is 14.6. The number of hydrogen-bond donors (Lipinski definition) is 0. The maximum Gasteiger partial charge on any atom is 0.416 e. The van der Waals surface area contributed by atoms with Crippen LogP contribution in [0.3, 0.4) is 0 Å². The molecule has 2 unspecified atom stereocenters. The van der Waals surface area contributed by atoms with E-state index in [0.717, 1.165) is 18.2 Å². The molecule has 0 N–H and O–H groups in total. The average molecular weight is 366 g/mol. The van der Waals surface area contributed by atoms with E-state index in [2.05, 4.69) is 0 Å². The van der Waals surface area contributed by atoms with E-state index in [9.17, 15) is 21.6 Å². The normalized spacial score (nSPS) is 25.9. The van der Waals surface area contributed by atoms with Crippen LogP contribution in [-0.4, -0.2) is 32.2 Å². The third-order valence-corrected chi connectivity index (χ3v) is 6.25. The molecule has 0 aromatic heterocycles. The molecule has 1 aliphatic rings. The molecular weight excluding hydrogens is 345 g/mol. The Morgan fingerprint density at radius 3 is 2.58 bits per heavy atom. The predicted octanol–water partition coefficient (Wildman–Crippen LogP) is 3.80. The summed E-state index contributed by atoms with van der Waals surface area (Å²) < 4.78 is 75.4. The first kappa shape index (κ1) is 19.2. The van der Waals surface area contributed by atoms with Gasteiger partial charge in [0.2, 0.25) is 9.84 Å². The molecule has 0 spiro atoms. The number of alkyl halides is 3. The van der Waals surface area contributed by atoms with Crippen molar-refractivity contribution >= 4 is 9.84 Å². The monoisotopic (exact) mass is 366 g/mol. The smallest absolute Gasteiger partial charge is 0.375 e. The van der Waals surface area contributed by atoms with E-state index in [1.54, 1.807) is 0 Å². The summed E-state index contributed by atoms with van der Waals surface area (Å²) in [4.78, 5) is -2.01. The summed E-state index contributed by atoms with van der Waals surface area (Å²) in [5.74, 6) is 0. The van der Waals surface area contributed by atoms with Crippen LogP contribution in [0.4, 0.5) is 13.2 Å². The van der Waals surface area contributed by atoms with Gasteiger partial charge in [0.15, 0.2) is 4.93 Å². The lowest BCUT2D eigenvalue weighted by molar-refractivity contribution is -0.137. The molecule has 2 rings (SSSR count). The van der Waals surface area contributed by atoms with E-state index in [1.165, 1.54) is 6.92 Å². The first-order valence-electron chi connectivity index (χ1n) is 7.67. The van der Waals surface area contributed by atoms with Crippen LogP contribution in [-0.2, 0) is 25.5 Å². The Morgan fingerprint density at radius 2 is 2.00 bits per heavy atom. The zero-order chi connectivity index (χ0) is 18.2. The van der Waals surface area contributed by atoms with Gasteiger partial charge in [0.1, 0.15) is 0 Å². The van der Waals surface area contributed by atoms with Crippen molar-refractivity contribution in [1.82, 2.24) is 0 Å². The van der Waals surface area contributed by atoms with Crippen LogP contribution in [0.1, 0.15) is 39.2 Å². The Morgan fingerprint density at radius 1 is 1.33 bits per heavy atom. The van der Waals surface area contributed by atoms with Gasteiger partial charge in [0.05, 0.1) is 29.3 Å². The second kappa shape index (κ2) is 6.65. The van der Waals surface area contributed by atoms with Crippen LogP contribution in [0, 0.1) is 0 Å². The molecule has 2 atom stereocenters. The minimum atomic E-state index is -4.61. The lowest BCUT2D eigenvalue weighted by Gasteiger charge is -2.38. The van der Waals surface area contributed by atoms with E-state index >= 15 is 0 Å². The van der Waals surface area contributed by atoms with E-state index < -0.39 is 31.4 Å². The summed E-state index contributed by atoms with van der Waals surface area (Å²) >= 11 is 0. The Kier molecular flexibility index (Phi) is 5.32. The number of hydrogen-bond acceptors (Lipinski definition) is 4. The second-order valence-corrected chi connectivity index (χ2v) is 8.65. The summed E-state index contributed by atoms with van der Waals surface area (Å²) in [6.07, 6.45) is -4.38. The molecule has 0 bridgehead atoms. The van der Waals surface area contributed by atoms with Gasteiger partial charge < -0.3 is 9.47 Å². The molecule has 1 heterocycles. The SMILES string of the molecule is CC(C)OC1CCOC(C)(S(=O)(=O)c2cccc(C(F)(F)F)c2)C1. The minimum Gasteiger partial charge on any atom is -0.375 e. The van der Waals surface area contributed by atoms with Gasteiger partial charge in [-0.05, 0) is 45.4 Å². The van der Waals surface area contributed by atoms with Gasteiger partial charge in [-0.25, -0.2) is 8.42 Å². The molecule has 1 aromatic carbocycles. The average Bonchev–Trinajstić information content (AvgIpc) is 2.45. The van der Waals surface area contributed by atoms with Gasteiger partial charge >= 0.3 is 6.18 Å². The molecule has 1 aliphatic heterocycles. The summed E-state index contributed by atoms with van der Waals surface area (Å²) in [6, 6.07) is 3.74. The van der Waals surface area contributed by atoms with Crippen LogP contribution < -0.4 is 0 Å². The maximum absolute atomic E-state index is 12.9. The van der Waals surface area contributed by atoms with Crippen LogP contribution >= 0.6 is 0 Å². The molecule has 0 radical (unpaired) electrons. The summed E-state index contributed by atoms with van der Waals surface area (Å²) in [5, 5.41) is 0. The van der Waals surface area contributed by atoms with Gasteiger partial charge in [0, 0.05) is 6.42 Å². The molecule has 8 heteroatoms. The Balaban J connectivity index is 2.35. The van der Waals surface area contributed by atoms with Crippen molar-refractivity contribution in [1.29, 1.82) is 0 Å². The highest BCUT2D eigenvalue weighted by atomic mass is 32.2. The highest BCUT2D eigenvalue weighted by molar-refractivity contribution is 7.92. The number of rotatable bonds is 4. The summed E-state index contributed by atoms with van der Waals surface area (Å²) in [6.45, 7) is 5.24. The minimum absolute atomic E-state index is 0.0732. The molecule has 4 nitrogen and oxygen atoms in total. The molecule has 0 amide bonds. The maximum atomic E-state index is 12.9. The zero-order valence-electron chi connectivity index (χ0n) is 13.8. The lowest BCUT2D eigenvalue weighted by Crippen LogP contribution is -2.47. The predicted molar refractivity (Wildman–Crippen MR) is 82.2 cm³/mol. The molecule has 1 saturated heterocycles. The van der Waals surface area contributed by atoms with Crippen molar-refractivity contribution in [3.05, 3.63) is 29.8 Å². The van der Waals surface area contributed by atoms with Gasteiger partial charge in [-0.2, -0.15) is 13.2 Å². The third kappa shape index (κ3) is 3.92. The first-order chi connectivity index (χ1) is 11.0. The van der Waals surface area contributed by atoms with E-state index in [0.29, 0.717) is 12.5 Å². The Hall–Kier alpha value is -1.12. The standard InChI is InChI=1S/C16H21F3O4S/c1-11(2)23-13-7-8-22-15(3,10-13)24(20,21)14-6-4-5-12(9-14)16(17,18)19/h4-6,9,11,13H,7-8,10H2,1-3H3. The van der Waals surface area contributed by atoms with Crippen molar-refractivity contribution in [3.8, 4) is 0 Å². The van der Waals surface area contributed by atoms with Crippen molar-refractivity contribution in [2.45, 2.75) is 61.8 Å². The molecule has 24 heavy (non-hydrogen) atoms. The lowest BCUT2D eigenvalue weighted by atomic mass is 10.1. The van der Waals surface area contributed by atoms with Gasteiger partial charge in [-0.1, -0.05) is 6.07 Å². The fraction of sp³-hybridized carbons (Fsp3) is 0.625. The topological polar surface area (TPSA) is 52.6 Å². The largest absolute Gasteiger partial charge is 0.416 e. The highest BCUT2D eigenvalue weighted by Crippen LogP contribution is 2.38. The van der Waals surface area contributed by atoms with Crippen LogP contribution in [0.5, 0.6) is 0 Å². The van der Waals surface area contributed by atoms with Gasteiger partial charge in [0.25, 0.3) is 0 Å².